The van der Waals surface area contributed by atoms with Crippen LogP contribution in [-0.4, -0.2) is 21.9 Å². The molecule has 0 bridgehead atoms. The average molecular weight is 371 g/mol. The van der Waals surface area contributed by atoms with Crippen LogP contribution in [0, 0.1) is 0 Å². The molecule has 3 rings (SSSR count). The number of aryl methyl sites for hydroxylation is 1. The summed E-state index contributed by atoms with van der Waals surface area (Å²) in [5.41, 5.74) is 0.781. The number of amides is 1. The van der Waals surface area contributed by atoms with Crippen molar-refractivity contribution in [3.05, 3.63) is 74.5 Å². The third-order valence-electron chi connectivity index (χ3n) is 4.14. The van der Waals surface area contributed by atoms with Crippen LogP contribution in [-0.2, 0) is 13.6 Å². The van der Waals surface area contributed by atoms with Crippen molar-refractivity contribution in [2.24, 2.45) is 7.05 Å². The van der Waals surface area contributed by atoms with Gasteiger partial charge in [0.15, 0.2) is 6.29 Å². The molecule has 7 heteroatoms. The zero-order chi connectivity index (χ0) is 18.8. The number of nitrogens with zero attached hydrogens (tertiary/aromatic N) is 1. The first-order valence-corrected chi connectivity index (χ1v) is 8.13. The molecule has 6 nitrogen and oxygen atoms in total. The molecule has 0 aliphatic carbocycles. The van der Waals surface area contributed by atoms with Crippen LogP contribution in [0.5, 0.6) is 5.75 Å². The molecule has 0 saturated heterocycles. The molecule has 0 spiro atoms. The molecule has 0 atom stereocenters. The number of phenols is 1. The molecule has 2 aromatic carbocycles. The van der Waals surface area contributed by atoms with E-state index in [4.69, 9.17) is 11.6 Å². The fourth-order valence-corrected chi connectivity index (χ4v) is 2.83. The van der Waals surface area contributed by atoms with E-state index in [-0.39, 0.29) is 28.8 Å². The third-order valence-corrected chi connectivity index (χ3v) is 4.40. The van der Waals surface area contributed by atoms with Crippen LogP contribution in [0.3, 0.4) is 0 Å². The van der Waals surface area contributed by atoms with Gasteiger partial charge in [-0.2, -0.15) is 0 Å². The smallest absolute Gasteiger partial charge is 0.261 e. The molecule has 3 aromatic rings. The molecule has 0 fully saturated rings. The van der Waals surface area contributed by atoms with Gasteiger partial charge in [-0.1, -0.05) is 23.7 Å². The van der Waals surface area contributed by atoms with Gasteiger partial charge < -0.3 is 15.0 Å². The average Bonchev–Trinajstić information content (AvgIpc) is 2.64. The minimum atomic E-state index is -0.471. The van der Waals surface area contributed by atoms with Crippen molar-refractivity contribution in [1.29, 1.82) is 0 Å². The number of carbonyl (C=O) groups is 2. The SMILES string of the molecule is Cn1c(=O)c(C=O)cc2c(O)c(C(=O)NCc3ccc(Cl)cc3)ccc21. The topological polar surface area (TPSA) is 88.4 Å². The lowest BCUT2D eigenvalue weighted by Gasteiger charge is -2.12. The summed E-state index contributed by atoms with van der Waals surface area (Å²) in [6, 6.07) is 11.3. The Hall–Kier alpha value is -3.12. The highest BCUT2D eigenvalue weighted by Gasteiger charge is 2.16. The summed E-state index contributed by atoms with van der Waals surface area (Å²) < 4.78 is 1.26. The van der Waals surface area contributed by atoms with E-state index < -0.39 is 11.5 Å². The maximum absolute atomic E-state index is 12.4. The molecule has 0 radical (unpaired) electrons. The zero-order valence-electron chi connectivity index (χ0n) is 13.8. The summed E-state index contributed by atoms with van der Waals surface area (Å²) in [6.07, 6.45) is 0.425. The highest BCUT2D eigenvalue weighted by molar-refractivity contribution is 6.30. The Bertz CT molecular complexity index is 1070. The Morgan fingerprint density at radius 3 is 2.58 bits per heavy atom. The predicted octanol–water partition coefficient (Wildman–Crippen LogP) is 2.64. The summed E-state index contributed by atoms with van der Waals surface area (Å²) in [6.45, 7) is 0.264. The van der Waals surface area contributed by atoms with E-state index in [9.17, 15) is 19.5 Å². The largest absolute Gasteiger partial charge is 0.506 e. The summed E-state index contributed by atoms with van der Waals surface area (Å²) >= 11 is 5.83. The molecule has 1 aromatic heterocycles. The number of aromatic hydroxyl groups is 1. The van der Waals surface area contributed by atoms with Gasteiger partial charge in [0.2, 0.25) is 0 Å². The fourth-order valence-electron chi connectivity index (χ4n) is 2.70. The second-order valence-electron chi connectivity index (χ2n) is 5.79. The lowest BCUT2D eigenvalue weighted by atomic mass is 10.1. The van der Waals surface area contributed by atoms with Gasteiger partial charge in [0.1, 0.15) is 5.75 Å². The van der Waals surface area contributed by atoms with Crippen molar-refractivity contribution in [3.8, 4) is 5.75 Å². The molecule has 0 aliphatic heterocycles. The molecule has 0 aliphatic rings. The molecule has 1 heterocycles. The highest BCUT2D eigenvalue weighted by atomic mass is 35.5. The van der Waals surface area contributed by atoms with Crippen molar-refractivity contribution in [2.45, 2.75) is 6.54 Å². The van der Waals surface area contributed by atoms with E-state index >= 15 is 0 Å². The number of phenolic OH excluding ortho intramolecular Hbond substituents is 1. The monoisotopic (exact) mass is 370 g/mol. The minimum absolute atomic E-state index is 0.0574. The third kappa shape index (κ3) is 3.19. The van der Waals surface area contributed by atoms with E-state index in [1.165, 1.54) is 23.7 Å². The van der Waals surface area contributed by atoms with Gasteiger partial charge in [-0.25, -0.2) is 0 Å². The lowest BCUT2D eigenvalue weighted by Crippen LogP contribution is -2.24. The van der Waals surface area contributed by atoms with E-state index in [0.717, 1.165) is 5.56 Å². The molecular formula is C19H15ClN2O4. The van der Waals surface area contributed by atoms with Crippen LogP contribution in [0.4, 0.5) is 0 Å². The van der Waals surface area contributed by atoms with E-state index in [2.05, 4.69) is 5.32 Å². The van der Waals surface area contributed by atoms with Gasteiger partial charge >= 0.3 is 0 Å². The number of fused-ring (bicyclic) bond motifs is 1. The quantitative estimate of drug-likeness (QED) is 0.691. The van der Waals surface area contributed by atoms with E-state index in [1.807, 2.05) is 0 Å². The number of hydrogen-bond donors (Lipinski definition) is 2. The second-order valence-corrected chi connectivity index (χ2v) is 6.22. The van der Waals surface area contributed by atoms with Crippen LogP contribution in [0.15, 0.2) is 47.3 Å². The van der Waals surface area contributed by atoms with Gasteiger partial charge in [-0.3, -0.25) is 14.4 Å². The predicted molar refractivity (Wildman–Crippen MR) is 98.9 cm³/mol. The first-order valence-electron chi connectivity index (χ1n) is 7.76. The van der Waals surface area contributed by atoms with Gasteiger partial charge in [-0.05, 0) is 35.9 Å². The number of pyridine rings is 1. The first-order chi connectivity index (χ1) is 12.4. The van der Waals surface area contributed by atoms with Gasteiger partial charge in [0.05, 0.1) is 16.6 Å². The standard InChI is InChI=1S/C19H15ClN2O4/c1-22-16-7-6-14(17(24)15(16)8-12(10-23)19(22)26)18(25)21-9-11-2-4-13(20)5-3-11/h2-8,10,24H,9H2,1H3,(H,21,25). The maximum atomic E-state index is 12.4. The van der Waals surface area contributed by atoms with E-state index in [1.54, 1.807) is 30.3 Å². The Balaban J connectivity index is 1.94. The van der Waals surface area contributed by atoms with Crippen LogP contribution >= 0.6 is 11.6 Å². The molecular weight excluding hydrogens is 356 g/mol. The van der Waals surface area contributed by atoms with Crippen molar-refractivity contribution < 1.29 is 14.7 Å². The molecule has 2 N–H and O–H groups in total. The number of rotatable bonds is 4. The fraction of sp³-hybridized carbons (Fsp3) is 0.105. The van der Waals surface area contributed by atoms with Crippen LogP contribution in [0.2, 0.25) is 5.02 Å². The number of benzene rings is 2. The first kappa shape index (κ1) is 17.7. The number of nitrogens with one attached hydrogen (secondary N) is 1. The number of carbonyl (C=O) groups excluding carboxylic acids is 2. The summed E-state index contributed by atoms with van der Waals surface area (Å²) in [5.74, 6) is -0.754. The Labute approximate surface area is 153 Å². The van der Waals surface area contributed by atoms with Crippen LogP contribution in [0.1, 0.15) is 26.3 Å². The van der Waals surface area contributed by atoms with Crippen molar-refractivity contribution in [2.75, 3.05) is 0 Å². The molecule has 1 amide bonds. The zero-order valence-corrected chi connectivity index (χ0v) is 14.6. The van der Waals surface area contributed by atoms with Gasteiger partial charge in [0, 0.05) is 24.0 Å². The van der Waals surface area contributed by atoms with Crippen LogP contribution in [0.25, 0.3) is 10.9 Å². The lowest BCUT2D eigenvalue weighted by molar-refractivity contribution is 0.0948. The van der Waals surface area contributed by atoms with Crippen molar-refractivity contribution >= 4 is 34.7 Å². The number of aromatic nitrogens is 1. The van der Waals surface area contributed by atoms with Gasteiger partial charge in [-0.15, -0.1) is 0 Å². The Kier molecular flexibility index (Phi) is 4.77. The number of hydrogen-bond acceptors (Lipinski definition) is 4. The van der Waals surface area contributed by atoms with Crippen LogP contribution < -0.4 is 10.9 Å². The molecule has 26 heavy (non-hydrogen) atoms. The second kappa shape index (κ2) is 7.01. The summed E-state index contributed by atoms with van der Waals surface area (Å²) in [4.78, 5) is 35.5. The van der Waals surface area contributed by atoms with Crippen molar-refractivity contribution in [3.63, 3.8) is 0 Å². The molecule has 0 saturated carbocycles. The Morgan fingerprint density at radius 1 is 1.23 bits per heavy atom. The summed E-state index contributed by atoms with van der Waals surface area (Å²) in [5, 5.41) is 14.1. The normalized spacial score (nSPS) is 10.7. The van der Waals surface area contributed by atoms with Gasteiger partial charge in [0.25, 0.3) is 11.5 Å². The summed E-state index contributed by atoms with van der Waals surface area (Å²) in [7, 11) is 1.50. The highest BCUT2D eigenvalue weighted by Crippen LogP contribution is 2.28. The van der Waals surface area contributed by atoms with E-state index in [0.29, 0.717) is 16.8 Å². The maximum Gasteiger partial charge on any atom is 0.261 e. The van der Waals surface area contributed by atoms with Crippen molar-refractivity contribution in [1.82, 2.24) is 9.88 Å². The number of halogens is 1. The molecule has 0 unspecified atom stereocenters. The Morgan fingerprint density at radius 2 is 1.92 bits per heavy atom. The number of aldehydes is 1. The molecule has 132 valence electrons. The minimum Gasteiger partial charge on any atom is -0.506 e.